The zero-order chi connectivity index (χ0) is 29.4. The van der Waals surface area contributed by atoms with Crippen LogP contribution in [0.1, 0.15) is 68.1 Å². The highest BCUT2D eigenvalue weighted by Gasteiger charge is 2.54. The Labute approximate surface area is 230 Å². The van der Waals surface area contributed by atoms with E-state index in [1.165, 1.54) is 4.90 Å². The standard InChI is InChI=1S/C26H40F3N5O4Si.H2/c1-24(2,3)19(32-23(38)26(27,28)29)22(37)34-15-39(10-6-7-11-39)14-18(34)21(36)31-17(13-30)12-16-8-9-25(4,5)33-20(16)35;/h16-19H,6-12,14-15H2,1-5H3,(H,31,36)(H,32,38)(H,33,35);1H. The fraction of sp³-hybridized carbons (Fsp3) is 0.808. The molecule has 13 heteroatoms. The second-order valence-corrected chi connectivity index (χ2v) is 17.9. The lowest BCUT2D eigenvalue weighted by atomic mass is 9.83. The number of amides is 4. The van der Waals surface area contributed by atoms with Gasteiger partial charge in [0.15, 0.2) is 0 Å². The van der Waals surface area contributed by atoms with E-state index >= 15 is 0 Å². The number of carbonyl (C=O) groups is 4. The predicted molar refractivity (Wildman–Crippen MR) is 142 cm³/mol. The first-order valence-electron chi connectivity index (χ1n) is 13.6. The number of carbonyl (C=O) groups excluding carboxylic acids is 4. The van der Waals surface area contributed by atoms with E-state index in [1.807, 2.05) is 19.2 Å². The molecule has 0 bridgehead atoms. The molecule has 39 heavy (non-hydrogen) atoms. The minimum Gasteiger partial charge on any atom is -0.351 e. The van der Waals surface area contributed by atoms with Crippen LogP contribution in [0.15, 0.2) is 0 Å². The van der Waals surface area contributed by atoms with Crippen molar-refractivity contribution in [3.8, 4) is 6.07 Å². The van der Waals surface area contributed by atoms with Gasteiger partial charge in [0, 0.05) is 19.1 Å². The first-order chi connectivity index (χ1) is 17.9. The molecule has 220 valence electrons. The Morgan fingerprint density at radius 1 is 1.21 bits per heavy atom. The third kappa shape index (κ3) is 7.32. The molecule has 0 aromatic rings. The van der Waals surface area contributed by atoms with Gasteiger partial charge in [0.25, 0.3) is 0 Å². The van der Waals surface area contributed by atoms with Crippen LogP contribution in [0.4, 0.5) is 13.2 Å². The molecule has 1 spiro atoms. The lowest BCUT2D eigenvalue weighted by Gasteiger charge is -2.36. The Bertz CT molecular complexity index is 1040. The SMILES string of the molecule is CC1(C)CCC(CC(C#N)NC(=O)C2C[Si]3(CCCC3)CN2C(=O)C(NC(=O)C(F)(F)F)C(C)(C)C)C(=O)N1.[HH]. The molecule has 4 atom stereocenters. The highest BCUT2D eigenvalue weighted by Crippen LogP contribution is 2.42. The lowest BCUT2D eigenvalue weighted by Crippen LogP contribution is -2.60. The summed E-state index contributed by atoms with van der Waals surface area (Å²) in [5.74, 6) is -4.09. The molecule has 9 nitrogen and oxygen atoms in total. The molecular weight excluding hydrogens is 531 g/mol. The molecule has 3 N–H and O–H groups in total. The van der Waals surface area contributed by atoms with Gasteiger partial charge in [0.05, 0.1) is 14.1 Å². The average molecular weight is 574 g/mol. The Morgan fingerprint density at radius 2 is 1.82 bits per heavy atom. The minimum absolute atomic E-state index is 0. The Morgan fingerprint density at radius 3 is 2.33 bits per heavy atom. The molecule has 3 rings (SSSR count). The molecule has 0 aliphatic carbocycles. The summed E-state index contributed by atoms with van der Waals surface area (Å²) in [7, 11) is -2.07. The molecule has 0 aromatic carbocycles. The second kappa shape index (κ2) is 11.1. The normalized spacial score (nSPS) is 25.9. The summed E-state index contributed by atoms with van der Waals surface area (Å²) < 4.78 is 39.2. The van der Waals surface area contributed by atoms with Crippen molar-refractivity contribution in [1.82, 2.24) is 20.9 Å². The Hall–Kier alpha value is -2.62. The van der Waals surface area contributed by atoms with E-state index in [1.54, 1.807) is 20.8 Å². The van der Waals surface area contributed by atoms with Crippen LogP contribution in [-0.2, 0) is 19.2 Å². The van der Waals surface area contributed by atoms with Gasteiger partial charge in [-0.1, -0.05) is 45.7 Å². The first-order valence-corrected chi connectivity index (χ1v) is 16.4. The zero-order valence-electron chi connectivity index (χ0n) is 23.3. The van der Waals surface area contributed by atoms with E-state index in [2.05, 4.69) is 16.7 Å². The van der Waals surface area contributed by atoms with Gasteiger partial charge in [0.2, 0.25) is 17.7 Å². The molecule has 3 fully saturated rings. The smallest absolute Gasteiger partial charge is 0.351 e. The van der Waals surface area contributed by atoms with Gasteiger partial charge in [-0.15, -0.1) is 0 Å². The number of nitriles is 1. The van der Waals surface area contributed by atoms with Crippen molar-refractivity contribution in [2.75, 3.05) is 6.17 Å². The minimum atomic E-state index is -5.16. The van der Waals surface area contributed by atoms with E-state index in [-0.39, 0.29) is 19.3 Å². The summed E-state index contributed by atoms with van der Waals surface area (Å²) in [5, 5.41) is 17.3. The quantitative estimate of drug-likeness (QED) is 0.421. The van der Waals surface area contributed by atoms with E-state index < -0.39 is 61.4 Å². The number of halogens is 3. The maximum Gasteiger partial charge on any atom is 0.471 e. The number of rotatable bonds is 6. The van der Waals surface area contributed by atoms with Crippen LogP contribution in [0.5, 0.6) is 0 Å². The Kier molecular flexibility index (Phi) is 8.80. The van der Waals surface area contributed by atoms with Crippen LogP contribution in [0.2, 0.25) is 18.1 Å². The fourth-order valence-corrected chi connectivity index (χ4v) is 11.6. The number of piperidine rings is 1. The number of nitrogens with one attached hydrogen (secondary N) is 3. The average Bonchev–Trinajstić information content (AvgIpc) is 3.43. The van der Waals surface area contributed by atoms with Crippen molar-refractivity contribution in [3.63, 3.8) is 0 Å². The van der Waals surface area contributed by atoms with Crippen LogP contribution >= 0.6 is 0 Å². The lowest BCUT2D eigenvalue weighted by molar-refractivity contribution is -0.176. The molecule has 3 aliphatic heterocycles. The molecule has 0 aromatic heterocycles. The van der Waals surface area contributed by atoms with E-state index in [0.717, 1.165) is 31.4 Å². The van der Waals surface area contributed by atoms with Crippen LogP contribution in [0.25, 0.3) is 0 Å². The second-order valence-electron chi connectivity index (χ2n) is 13.2. The van der Waals surface area contributed by atoms with Crippen molar-refractivity contribution >= 4 is 31.7 Å². The van der Waals surface area contributed by atoms with Crippen molar-refractivity contribution in [1.29, 1.82) is 5.26 Å². The topological polar surface area (TPSA) is 131 Å². The number of nitrogens with zero attached hydrogens (tertiary/aromatic N) is 2. The maximum atomic E-state index is 13.8. The summed E-state index contributed by atoms with van der Waals surface area (Å²) in [4.78, 5) is 53.0. The summed E-state index contributed by atoms with van der Waals surface area (Å²) in [6.45, 7) is 8.51. The molecule has 0 saturated carbocycles. The largest absolute Gasteiger partial charge is 0.471 e. The summed E-state index contributed by atoms with van der Waals surface area (Å²) in [6.07, 6.45) is -1.45. The third-order valence-electron chi connectivity index (χ3n) is 8.35. The highest BCUT2D eigenvalue weighted by molar-refractivity contribution is 6.82. The monoisotopic (exact) mass is 573 g/mol. The van der Waals surface area contributed by atoms with Crippen LogP contribution < -0.4 is 16.0 Å². The number of hydrogen-bond acceptors (Lipinski definition) is 5. The zero-order valence-corrected chi connectivity index (χ0v) is 24.3. The van der Waals surface area contributed by atoms with Gasteiger partial charge in [-0.25, -0.2) is 0 Å². The molecule has 4 amide bonds. The summed E-state index contributed by atoms with van der Waals surface area (Å²) in [6, 6.07) is 0.948. The van der Waals surface area contributed by atoms with Gasteiger partial charge in [-0.2, -0.15) is 18.4 Å². The van der Waals surface area contributed by atoms with Gasteiger partial charge >= 0.3 is 12.1 Å². The molecular formula is C26H42F3N5O4Si. The van der Waals surface area contributed by atoms with Crippen molar-refractivity contribution in [3.05, 3.63) is 0 Å². The molecule has 3 aliphatic rings. The molecule has 3 heterocycles. The van der Waals surface area contributed by atoms with E-state index in [4.69, 9.17) is 0 Å². The van der Waals surface area contributed by atoms with Gasteiger partial charge < -0.3 is 20.9 Å². The van der Waals surface area contributed by atoms with Gasteiger partial charge in [-0.05, 0) is 44.6 Å². The van der Waals surface area contributed by atoms with E-state index in [9.17, 15) is 37.6 Å². The van der Waals surface area contributed by atoms with Gasteiger partial charge in [-0.3, -0.25) is 19.2 Å². The highest BCUT2D eigenvalue weighted by atomic mass is 28.3. The molecule has 3 saturated heterocycles. The van der Waals surface area contributed by atoms with Crippen LogP contribution in [0.3, 0.4) is 0 Å². The maximum absolute atomic E-state index is 13.8. The fourth-order valence-electron chi connectivity index (χ4n) is 6.12. The number of hydrogen-bond donors (Lipinski definition) is 3. The third-order valence-corrected chi connectivity index (χ3v) is 13.4. The molecule has 4 unspecified atom stereocenters. The van der Waals surface area contributed by atoms with Crippen molar-refractivity contribution in [2.45, 2.75) is 115 Å². The van der Waals surface area contributed by atoms with E-state index in [0.29, 0.717) is 18.6 Å². The molecule has 0 radical (unpaired) electrons. The van der Waals surface area contributed by atoms with Gasteiger partial charge in [0.1, 0.15) is 18.1 Å². The van der Waals surface area contributed by atoms with Crippen molar-refractivity contribution in [2.24, 2.45) is 11.3 Å². The van der Waals surface area contributed by atoms with Crippen LogP contribution in [0, 0.1) is 22.7 Å². The summed E-state index contributed by atoms with van der Waals surface area (Å²) >= 11 is 0. The van der Waals surface area contributed by atoms with Crippen molar-refractivity contribution < 1.29 is 33.8 Å². The predicted octanol–water partition coefficient (Wildman–Crippen LogP) is 3.02. The number of alkyl halides is 3. The van der Waals surface area contributed by atoms with Crippen LogP contribution in [-0.4, -0.2) is 72.6 Å². The first kappa shape index (κ1) is 30.9. The Balaban J connectivity index is 0.00000560. The summed E-state index contributed by atoms with van der Waals surface area (Å²) in [5.41, 5.74) is -1.39.